The number of unbranched alkanes of at least 4 members (excludes halogenated alkanes) is 2. The molecule has 0 radical (unpaired) electrons. The number of carboxylic acids is 2. The first kappa shape index (κ1) is 54.7. The zero-order chi connectivity index (χ0) is 51.6. The van der Waals surface area contributed by atoms with Crippen LogP contribution in [0.4, 0.5) is 42.9 Å². The van der Waals surface area contributed by atoms with Crippen molar-refractivity contribution >= 4 is 66.1 Å². The smallest absolute Gasteiger partial charge is 0.368 e. The summed E-state index contributed by atoms with van der Waals surface area (Å²) in [7, 11) is -1.08. The van der Waals surface area contributed by atoms with Crippen LogP contribution in [0, 0.1) is 0 Å². The second-order valence-electron chi connectivity index (χ2n) is 17.7. The van der Waals surface area contributed by atoms with Crippen molar-refractivity contribution in [3.05, 3.63) is 109 Å². The molecule has 0 saturated heterocycles. The Morgan fingerprint density at radius 3 is 1.26 bits per heavy atom. The van der Waals surface area contributed by atoms with Gasteiger partial charge in [0.05, 0.1) is 33.8 Å². The molecule has 6 rings (SSSR count). The average Bonchev–Trinajstić information content (AvgIpc) is 3.50. The molecule has 16 nitrogen and oxygen atoms in total. The first-order valence-corrected chi connectivity index (χ1v) is 26.0. The summed E-state index contributed by atoms with van der Waals surface area (Å²) in [6, 6.07) is 25.1. The lowest BCUT2D eigenvalue weighted by Gasteiger charge is -2.36. The number of halogens is 2. The maximum atomic E-state index is 13.7. The monoisotopic (exact) mass is 1010 g/mol. The Hall–Kier alpha value is -6.22. The molecule has 2 atom stereocenters. The van der Waals surface area contributed by atoms with Crippen LogP contribution in [0.3, 0.4) is 0 Å². The van der Waals surface area contributed by atoms with Crippen LogP contribution >= 0.6 is 0 Å². The lowest BCUT2D eigenvalue weighted by Crippen LogP contribution is -2.52. The van der Waals surface area contributed by atoms with Crippen molar-refractivity contribution in [1.29, 1.82) is 0 Å². The minimum Gasteiger partial charge on any atom is -0.476 e. The fraction of sp³-hybridized carbons (Fsp3) is 0.400. The topological polar surface area (TPSA) is 198 Å². The van der Waals surface area contributed by atoms with E-state index in [9.17, 15) is 35.2 Å². The first-order chi connectivity index (χ1) is 33.1. The van der Waals surface area contributed by atoms with Gasteiger partial charge in [0.25, 0.3) is 0 Å². The first-order valence-electron chi connectivity index (χ1n) is 23.0. The number of carbonyl (C=O) groups is 2. The number of carboxylic acid groups (broad SMARTS) is 2. The zero-order valence-electron chi connectivity index (χ0n) is 40.8. The van der Waals surface area contributed by atoms with E-state index in [0.717, 1.165) is 37.1 Å². The minimum absolute atomic E-state index is 0.0149. The number of nitrogens with one attached hydrogen (secondary N) is 2. The Kier molecular flexibility index (Phi) is 18.1. The highest BCUT2D eigenvalue weighted by Crippen LogP contribution is 2.46. The maximum absolute atomic E-state index is 13.7. The Labute approximate surface area is 410 Å². The second-order valence-corrected chi connectivity index (χ2v) is 21.0. The van der Waals surface area contributed by atoms with Crippen LogP contribution in [-0.4, -0.2) is 91.3 Å². The lowest BCUT2D eigenvalue weighted by atomic mass is 9.89. The predicted molar refractivity (Wildman–Crippen MR) is 269 cm³/mol. The number of fused-ring (bicyclic) bond motifs is 2. The van der Waals surface area contributed by atoms with Crippen molar-refractivity contribution in [3.8, 4) is 11.5 Å². The van der Waals surface area contributed by atoms with Gasteiger partial charge in [-0.1, -0.05) is 89.8 Å². The minimum atomic E-state index is -4.01. The molecule has 380 valence electrons. The number of anilines is 6. The average molecular weight is 1010 g/mol. The molecular formula is C50H64F2N6O10S2. The molecule has 0 bridgehead atoms. The van der Waals surface area contributed by atoms with Crippen LogP contribution in [0.1, 0.15) is 79.1 Å². The number of para-hydroxylation sites is 2. The van der Waals surface area contributed by atoms with Crippen molar-refractivity contribution < 1.29 is 54.9 Å². The number of ether oxygens (including phenoxy) is 2. The SMILES string of the molecule is CCCC[C@@]1(CC)CN(c2ccccc2)c2cc(N(C)C)c(O/C=C(\F)C(=O)O)cc2S(=O)(=O)N1.CCCC[C@]1(CC)CN(c2ccccc2)c2cc(N(C)C)c(O/C=C(\F)C(=O)O)cc2S(=O)(=O)N1. The third-order valence-electron chi connectivity index (χ3n) is 12.3. The van der Waals surface area contributed by atoms with Gasteiger partial charge in [-0.3, -0.25) is 0 Å². The summed E-state index contributed by atoms with van der Waals surface area (Å²) in [6.45, 7) is 8.90. The van der Waals surface area contributed by atoms with E-state index in [0.29, 0.717) is 74.0 Å². The highest BCUT2D eigenvalue weighted by molar-refractivity contribution is 7.90. The van der Waals surface area contributed by atoms with Crippen molar-refractivity contribution in [1.82, 2.24) is 9.44 Å². The van der Waals surface area contributed by atoms with Gasteiger partial charge < -0.3 is 39.3 Å². The zero-order valence-corrected chi connectivity index (χ0v) is 42.5. The molecule has 0 spiro atoms. The van der Waals surface area contributed by atoms with Gasteiger partial charge in [0.2, 0.25) is 31.7 Å². The van der Waals surface area contributed by atoms with E-state index in [1.54, 1.807) is 50.1 Å². The summed E-state index contributed by atoms with van der Waals surface area (Å²) in [4.78, 5) is 29.0. The quantitative estimate of drug-likeness (QED) is 0.0543. The molecule has 0 amide bonds. The summed E-state index contributed by atoms with van der Waals surface area (Å²) < 4.78 is 98.6. The summed E-state index contributed by atoms with van der Waals surface area (Å²) in [5.74, 6) is -6.52. The van der Waals surface area contributed by atoms with E-state index in [-0.39, 0.29) is 21.3 Å². The third-order valence-corrected chi connectivity index (χ3v) is 15.5. The van der Waals surface area contributed by atoms with Crippen molar-refractivity contribution in [2.45, 2.75) is 99.9 Å². The van der Waals surface area contributed by atoms with E-state index < -0.39 is 54.7 Å². The lowest BCUT2D eigenvalue weighted by molar-refractivity contribution is -0.135. The van der Waals surface area contributed by atoms with E-state index >= 15 is 0 Å². The summed E-state index contributed by atoms with van der Waals surface area (Å²) in [5, 5.41) is 17.6. The number of hydrogen-bond acceptors (Lipinski definition) is 12. The maximum Gasteiger partial charge on any atom is 0.368 e. The van der Waals surface area contributed by atoms with Gasteiger partial charge in [-0.15, -0.1) is 0 Å². The van der Waals surface area contributed by atoms with Crippen LogP contribution in [0.2, 0.25) is 0 Å². The summed E-state index contributed by atoms with van der Waals surface area (Å²) in [6.07, 6.45) is 6.95. The third kappa shape index (κ3) is 12.8. The molecule has 0 fully saturated rings. The van der Waals surface area contributed by atoms with Crippen LogP contribution in [0.5, 0.6) is 11.5 Å². The van der Waals surface area contributed by atoms with Gasteiger partial charge in [-0.25, -0.2) is 35.9 Å². The fourth-order valence-corrected chi connectivity index (χ4v) is 11.8. The Balaban J connectivity index is 0.000000261. The van der Waals surface area contributed by atoms with E-state index in [2.05, 4.69) is 23.3 Å². The van der Waals surface area contributed by atoms with Crippen LogP contribution < -0.4 is 38.5 Å². The Bertz CT molecular complexity index is 2590. The number of hydrogen-bond donors (Lipinski definition) is 4. The van der Waals surface area contributed by atoms with Gasteiger partial charge in [-0.05, 0) is 62.1 Å². The molecule has 0 aromatic heterocycles. The summed E-state index contributed by atoms with van der Waals surface area (Å²) >= 11 is 0. The van der Waals surface area contributed by atoms with Crippen molar-refractivity contribution in [3.63, 3.8) is 0 Å². The molecule has 20 heteroatoms. The highest BCUT2D eigenvalue weighted by atomic mass is 32.2. The van der Waals surface area contributed by atoms with Gasteiger partial charge in [0, 0.05) is 64.8 Å². The molecule has 4 aromatic carbocycles. The van der Waals surface area contributed by atoms with Gasteiger partial charge in [0.1, 0.15) is 22.3 Å². The van der Waals surface area contributed by atoms with Gasteiger partial charge in [-0.2, -0.15) is 8.78 Å². The molecular weight excluding hydrogens is 947 g/mol. The Morgan fingerprint density at radius 1 is 0.629 bits per heavy atom. The molecule has 2 aliphatic heterocycles. The molecule has 4 aromatic rings. The number of aliphatic carboxylic acids is 2. The molecule has 4 N–H and O–H groups in total. The van der Waals surface area contributed by atoms with Crippen LogP contribution in [-0.2, 0) is 29.6 Å². The Morgan fingerprint density at radius 2 is 0.971 bits per heavy atom. The van der Waals surface area contributed by atoms with Crippen LogP contribution in [0.15, 0.2) is 119 Å². The number of benzene rings is 4. The van der Waals surface area contributed by atoms with Gasteiger partial charge >= 0.3 is 11.9 Å². The largest absolute Gasteiger partial charge is 0.476 e. The molecule has 70 heavy (non-hydrogen) atoms. The number of nitrogens with zero attached hydrogens (tertiary/aromatic N) is 4. The molecule has 0 unspecified atom stereocenters. The molecule has 2 aliphatic rings. The number of rotatable bonds is 18. The van der Waals surface area contributed by atoms with Crippen molar-refractivity contribution in [2.24, 2.45) is 0 Å². The predicted octanol–water partition coefficient (Wildman–Crippen LogP) is 9.59. The standard InChI is InChI=1S/2C25H32FN3O5S/c2*1-5-7-13-25(6-2)17-29(18-11-9-8-10-12-18)21-14-20(28(3)4)22(34-16-19(26)24(30)31)15-23(21)35(32,33)27-25/h2*8-12,14-16,27H,5-7,13,17H2,1-4H3,(H,30,31)/b2*19-16-/t2*25-/m10/s1. The fourth-order valence-electron chi connectivity index (χ4n) is 8.36. The van der Waals surface area contributed by atoms with Crippen molar-refractivity contribution in [2.75, 3.05) is 60.9 Å². The number of sulfonamides is 2. The van der Waals surface area contributed by atoms with Gasteiger partial charge in [0.15, 0.2) is 11.5 Å². The summed E-state index contributed by atoms with van der Waals surface area (Å²) in [5.41, 5.74) is 2.08. The molecule has 0 saturated carbocycles. The van der Waals surface area contributed by atoms with E-state index in [4.69, 9.17) is 19.7 Å². The highest BCUT2D eigenvalue weighted by Gasteiger charge is 2.43. The van der Waals surface area contributed by atoms with E-state index in [1.807, 2.05) is 84.3 Å². The van der Waals surface area contributed by atoms with Crippen LogP contribution in [0.25, 0.3) is 0 Å². The molecule has 2 heterocycles. The van der Waals surface area contributed by atoms with E-state index in [1.165, 1.54) is 12.1 Å². The normalized spacial score (nSPS) is 19.6. The molecule has 0 aliphatic carbocycles. The second kappa shape index (κ2) is 23.1.